The molecule has 6 nitrogen and oxygen atoms in total. The summed E-state index contributed by atoms with van der Waals surface area (Å²) in [5.41, 5.74) is -0.642. The lowest BCUT2D eigenvalue weighted by Gasteiger charge is -2.39. The van der Waals surface area contributed by atoms with Crippen LogP contribution in [0, 0.1) is 5.41 Å². The Morgan fingerprint density at radius 1 is 1.25 bits per heavy atom. The van der Waals surface area contributed by atoms with Crippen molar-refractivity contribution < 1.29 is 19.4 Å². The van der Waals surface area contributed by atoms with Gasteiger partial charge in [-0.2, -0.15) is 0 Å². The van der Waals surface area contributed by atoms with Gasteiger partial charge in [0.25, 0.3) is 0 Å². The zero-order valence-electron chi connectivity index (χ0n) is 12.3. The van der Waals surface area contributed by atoms with E-state index in [1.54, 1.807) is 12.0 Å². The minimum absolute atomic E-state index is 0.0274. The number of rotatable bonds is 3. The van der Waals surface area contributed by atoms with E-state index in [2.05, 4.69) is 0 Å². The van der Waals surface area contributed by atoms with Gasteiger partial charge in [-0.15, -0.1) is 0 Å². The first-order valence-corrected chi connectivity index (χ1v) is 7.32. The molecule has 0 spiro atoms. The van der Waals surface area contributed by atoms with Gasteiger partial charge in [-0.1, -0.05) is 6.92 Å². The van der Waals surface area contributed by atoms with Gasteiger partial charge >= 0.3 is 12.0 Å². The van der Waals surface area contributed by atoms with Gasteiger partial charge in [-0.3, -0.25) is 4.79 Å². The van der Waals surface area contributed by atoms with Crippen LogP contribution in [-0.4, -0.2) is 66.3 Å². The van der Waals surface area contributed by atoms with Crippen molar-refractivity contribution in [2.24, 2.45) is 5.41 Å². The Balaban J connectivity index is 1.90. The van der Waals surface area contributed by atoms with E-state index in [-0.39, 0.29) is 12.1 Å². The number of urea groups is 1. The normalized spacial score (nSPS) is 25.8. The molecule has 1 atom stereocenters. The number of carbonyl (C=O) groups excluding carboxylic acids is 1. The van der Waals surface area contributed by atoms with Gasteiger partial charge in [0, 0.05) is 33.3 Å². The van der Waals surface area contributed by atoms with E-state index in [0.717, 1.165) is 13.0 Å². The zero-order chi connectivity index (χ0) is 14.8. The van der Waals surface area contributed by atoms with Crippen molar-refractivity contribution in [3.05, 3.63) is 0 Å². The van der Waals surface area contributed by atoms with Gasteiger partial charge in [-0.25, -0.2) is 4.79 Å². The number of aliphatic carboxylic acids is 1. The maximum absolute atomic E-state index is 12.4. The number of amides is 2. The number of nitrogens with zero attached hydrogens (tertiary/aromatic N) is 2. The van der Waals surface area contributed by atoms with E-state index >= 15 is 0 Å². The first kappa shape index (κ1) is 15.1. The van der Waals surface area contributed by atoms with Crippen molar-refractivity contribution in [2.45, 2.75) is 38.7 Å². The summed E-state index contributed by atoms with van der Waals surface area (Å²) in [6.07, 6.45) is 2.74. The molecule has 2 aliphatic heterocycles. The van der Waals surface area contributed by atoms with Crippen LogP contribution in [0.1, 0.15) is 32.6 Å². The van der Waals surface area contributed by atoms with Gasteiger partial charge in [-0.05, 0) is 25.7 Å². The smallest absolute Gasteiger partial charge is 0.320 e. The van der Waals surface area contributed by atoms with Crippen LogP contribution in [0.5, 0.6) is 0 Å². The molecule has 1 unspecified atom stereocenters. The Morgan fingerprint density at radius 2 is 1.90 bits per heavy atom. The Labute approximate surface area is 119 Å². The molecule has 2 heterocycles. The summed E-state index contributed by atoms with van der Waals surface area (Å²) in [5.74, 6) is -0.729. The first-order chi connectivity index (χ1) is 9.52. The SMILES string of the molecule is CCC1(C(=O)O)CCN(C(=O)N2CCC(OC)C2)CC1. The molecular weight excluding hydrogens is 260 g/mol. The predicted molar refractivity (Wildman–Crippen MR) is 73.5 cm³/mol. The molecule has 1 N–H and O–H groups in total. The number of hydrogen-bond acceptors (Lipinski definition) is 3. The average Bonchev–Trinajstić information content (AvgIpc) is 2.95. The topological polar surface area (TPSA) is 70.1 Å². The van der Waals surface area contributed by atoms with Crippen molar-refractivity contribution in [1.82, 2.24) is 9.80 Å². The number of carbonyl (C=O) groups is 2. The molecular formula is C14H24N2O4. The molecule has 6 heteroatoms. The fourth-order valence-corrected chi connectivity index (χ4v) is 3.14. The Bertz CT molecular complexity index is 377. The van der Waals surface area contributed by atoms with E-state index in [9.17, 15) is 14.7 Å². The second-order valence-corrected chi connectivity index (χ2v) is 5.80. The average molecular weight is 284 g/mol. The van der Waals surface area contributed by atoms with Gasteiger partial charge in [0.15, 0.2) is 0 Å². The van der Waals surface area contributed by atoms with Crippen molar-refractivity contribution in [3.8, 4) is 0 Å². The summed E-state index contributed by atoms with van der Waals surface area (Å²) >= 11 is 0. The molecule has 2 rings (SSSR count). The van der Waals surface area contributed by atoms with Crippen molar-refractivity contribution in [1.29, 1.82) is 0 Å². The fourth-order valence-electron chi connectivity index (χ4n) is 3.14. The monoisotopic (exact) mass is 284 g/mol. The largest absolute Gasteiger partial charge is 0.481 e. The summed E-state index contributed by atoms with van der Waals surface area (Å²) in [6.45, 7) is 4.35. The highest BCUT2D eigenvalue weighted by atomic mass is 16.5. The summed E-state index contributed by atoms with van der Waals surface area (Å²) in [4.78, 5) is 27.4. The second kappa shape index (κ2) is 5.99. The van der Waals surface area contributed by atoms with Crippen LogP contribution in [-0.2, 0) is 9.53 Å². The molecule has 0 aromatic heterocycles. The molecule has 2 amide bonds. The maximum Gasteiger partial charge on any atom is 0.320 e. The van der Waals surface area contributed by atoms with E-state index in [1.807, 2.05) is 11.8 Å². The number of likely N-dealkylation sites (tertiary alicyclic amines) is 2. The molecule has 20 heavy (non-hydrogen) atoms. The second-order valence-electron chi connectivity index (χ2n) is 5.80. The minimum atomic E-state index is -0.729. The number of piperidine rings is 1. The highest BCUT2D eigenvalue weighted by Gasteiger charge is 2.42. The molecule has 2 saturated heterocycles. The van der Waals surface area contributed by atoms with Crippen LogP contribution in [0.25, 0.3) is 0 Å². The van der Waals surface area contributed by atoms with Crippen molar-refractivity contribution in [2.75, 3.05) is 33.3 Å². The van der Waals surface area contributed by atoms with E-state index < -0.39 is 11.4 Å². The number of carboxylic acids is 1. The molecule has 0 bridgehead atoms. The van der Waals surface area contributed by atoms with Crippen LogP contribution in [0.3, 0.4) is 0 Å². The molecule has 0 saturated carbocycles. The summed E-state index contributed by atoms with van der Waals surface area (Å²) in [5, 5.41) is 9.36. The molecule has 0 aliphatic carbocycles. The third-order valence-corrected chi connectivity index (χ3v) is 4.87. The lowest BCUT2D eigenvalue weighted by molar-refractivity contribution is -0.152. The molecule has 2 fully saturated rings. The third kappa shape index (κ3) is 2.75. The van der Waals surface area contributed by atoms with Crippen LogP contribution in [0.2, 0.25) is 0 Å². The van der Waals surface area contributed by atoms with Crippen LogP contribution in [0.15, 0.2) is 0 Å². The van der Waals surface area contributed by atoms with Crippen molar-refractivity contribution >= 4 is 12.0 Å². The molecule has 0 radical (unpaired) electrons. The number of carboxylic acid groups (broad SMARTS) is 1. The molecule has 114 valence electrons. The van der Waals surface area contributed by atoms with E-state index in [4.69, 9.17) is 4.74 Å². The van der Waals surface area contributed by atoms with Gasteiger partial charge in [0.05, 0.1) is 11.5 Å². The fraction of sp³-hybridized carbons (Fsp3) is 0.857. The lowest BCUT2D eigenvalue weighted by atomic mass is 9.76. The highest BCUT2D eigenvalue weighted by Crippen LogP contribution is 2.35. The maximum atomic E-state index is 12.4. The van der Waals surface area contributed by atoms with E-state index in [0.29, 0.717) is 38.9 Å². The van der Waals surface area contributed by atoms with Crippen molar-refractivity contribution in [3.63, 3.8) is 0 Å². The highest BCUT2D eigenvalue weighted by molar-refractivity contribution is 5.77. The quantitative estimate of drug-likeness (QED) is 0.850. The van der Waals surface area contributed by atoms with Gasteiger partial charge < -0.3 is 19.6 Å². The predicted octanol–water partition coefficient (Wildman–Crippen LogP) is 1.40. The van der Waals surface area contributed by atoms with Crippen LogP contribution >= 0.6 is 0 Å². The number of ether oxygens (including phenoxy) is 1. The van der Waals surface area contributed by atoms with Gasteiger partial charge in [0.2, 0.25) is 0 Å². The Morgan fingerprint density at radius 3 is 2.35 bits per heavy atom. The van der Waals surface area contributed by atoms with Crippen LogP contribution < -0.4 is 0 Å². The molecule has 0 aromatic carbocycles. The summed E-state index contributed by atoms with van der Waals surface area (Å²) < 4.78 is 5.27. The van der Waals surface area contributed by atoms with E-state index in [1.165, 1.54) is 0 Å². The number of methoxy groups -OCH3 is 1. The number of hydrogen-bond donors (Lipinski definition) is 1. The third-order valence-electron chi connectivity index (χ3n) is 4.87. The minimum Gasteiger partial charge on any atom is -0.481 e. The Hall–Kier alpha value is -1.30. The van der Waals surface area contributed by atoms with Gasteiger partial charge in [0.1, 0.15) is 0 Å². The van der Waals surface area contributed by atoms with Crippen LogP contribution in [0.4, 0.5) is 4.79 Å². The lowest BCUT2D eigenvalue weighted by Crippen LogP contribution is -2.50. The Kier molecular flexibility index (Phi) is 4.52. The first-order valence-electron chi connectivity index (χ1n) is 7.32. The zero-order valence-corrected chi connectivity index (χ0v) is 12.3. The standard InChI is InChI=1S/C14H24N2O4/c1-3-14(12(17)18)5-8-15(9-6-14)13(19)16-7-4-11(10-16)20-2/h11H,3-10H2,1-2H3,(H,17,18). The summed E-state index contributed by atoms with van der Waals surface area (Å²) in [7, 11) is 1.67. The molecule has 2 aliphatic rings. The summed E-state index contributed by atoms with van der Waals surface area (Å²) in [6, 6.07) is 0.0274. The molecule has 0 aromatic rings.